The maximum Gasteiger partial charge on any atom is 0 e. The van der Waals surface area contributed by atoms with E-state index in [1.54, 1.807) is 0 Å². The lowest BCUT2D eigenvalue weighted by atomic mass is 28.1. The Hall–Kier alpha value is 2.14. The van der Waals surface area contributed by atoms with Gasteiger partial charge in [0.15, 0.2) is 0 Å². The van der Waals surface area contributed by atoms with E-state index in [9.17, 15) is 0 Å². The molecule has 36 valence electrons. The van der Waals surface area contributed by atoms with Gasteiger partial charge >= 0.3 is 0 Å². The van der Waals surface area contributed by atoms with Crippen LogP contribution in [0.3, 0.4) is 0 Å². The lowest BCUT2D eigenvalue weighted by Crippen LogP contribution is -3.00. The lowest BCUT2D eigenvalue weighted by Gasteiger charge is -1.00. The van der Waals surface area contributed by atoms with Gasteiger partial charge in [0.25, 0.3) is 0 Å². The van der Waals surface area contributed by atoms with Crippen molar-refractivity contribution in [3.05, 3.63) is 0 Å². The normalized spacial score (nSPS) is 0. The van der Waals surface area contributed by atoms with Gasteiger partial charge < -0.3 is 67.9 Å². The predicted octanol–water partition coefficient (Wildman–Crippen LogP) is -12.4. The maximum absolute atomic E-state index is 0. The Kier molecular flexibility index (Phi) is 418. The topological polar surface area (TPSA) is 0 Å². The molecule has 0 spiro atoms. The van der Waals surface area contributed by atoms with Gasteiger partial charge in [-0.3, -0.25) is 0 Å². The van der Waals surface area contributed by atoms with E-state index in [1.807, 2.05) is 0 Å². The molecule has 0 atom stereocenters. The third-order valence-electron chi connectivity index (χ3n) is 0. The van der Waals surface area contributed by atoms with Crippen molar-refractivity contribution < 1.29 is 67.9 Å². The molecule has 0 fully saturated rings. The van der Waals surface area contributed by atoms with Gasteiger partial charge in [-0.05, 0) is 0 Å². The van der Waals surface area contributed by atoms with Gasteiger partial charge in [-0.25, -0.2) is 0 Å². The maximum atomic E-state index is 0. The fourth-order valence-corrected chi connectivity index (χ4v) is 0. The van der Waals surface area contributed by atoms with Crippen LogP contribution in [-0.4, -0.2) is 11.0 Å². The summed E-state index contributed by atoms with van der Waals surface area (Å²) in [5, 5.41) is 0. The van der Waals surface area contributed by atoms with E-state index >= 15 is 0 Å². The number of hydrogen-bond donors (Lipinski definition) is 0. The largest absolute Gasteiger partial charge is 1.00 e. The van der Waals surface area contributed by atoms with Crippen molar-refractivity contribution in [2.24, 2.45) is 0 Å². The van der Waals surface area contributed by atoms with Crippen LogP contribution in [0.25, 0.3) is 0 Å². The van der Waals surface area contributed by atoms with Crippen LogP contribution >= 0.6 is 0 Å². The molecule has 0 aromatic carbocycles. The van der Waals surface area contributed by atoms with Gasteiger partial charge in [0.1, 0.15) is 0 Å². The fraction of sp³-hybridized carbons (Fsp3) is 0. The molecule has 0 heterocycles. The molecule has 0 unspecified atom stereocenters. The molecule has 0 bridgehead atoms. The highest BCUT2D eigenvalue weighted by Gasteiger charge is 0.00000401. The lowest BCUT2D eigenvalue weighted by molar-refractivity contribution is -0.00100. The second-order valence-corrected chi connectivity index (χ2v) is 0. The Morgan fingerprint density at radius 1 is 0.400 bits per heavy atom. The van der Waals surface area contributed by atoms with Gasteiger partial charge in [0.2, 0.25) is 0 Å². The Morgan fingerprint density at radius 2 is 0.400 bits per heavy atom. The monoisotopic (exact) mass is 344 g/mol. The van der Waals surface area contributed by atoms with Gasteiger partial charge in [0, 0.05) is 11.0 Å². The predicted molar refractivity (Wildman–Crippen MR) is 5.75 cm³/mol. The number of halogens is 4. The summed E-state index contributed by atoms with van der Waals surface area (Å²) in [5.74, 6) is 0. The fourth-order valence-electron chi connectivity index (χ4n) is 0. The summed E-state index contributed by atoms with van der Waals surface area (Å²) in [6.45, 7) is 0. The molecule has 0 saturated carbocycles. The first-order valence-electron chi connectivity index (χ1n) is 0. The van der Waals surface area contributed by atoms with Crippen molar-refractivity contribution in [3.63, 3.8) is 0 Å². The molecule has 5 heavy (non-hydrogen) atoms. The summed E-state index contributed by atoms with van der Waals surface area (Å²) < 4.78 is 0. The average Bonchev–Trinajstić information content (AvgIpc) is 0. The summed E-state index contributed by atoms with van der Waals surface area (Å²) in [6.07, 6.45) is 0. The second-order valence-electron chi connectivity index (χ2n) is 0. The zero-order chi connectivity index (χ0) is 0. The summed E-state index contributed by atoms with van der Waals surface area (Å²) in [6, 6.07) is 0. The van der Waals surface area contributed by atoms with E-state index in [4.69, 9.17) is 0 Å². The Bertz CT molecular complexity index is 3.61. The molecule has 0 aromatic heterocycles. The van der Waals surface area contributed by atoms with Crippen LogP contribution in [0.5, 0.6) is 0 Å². The van der Waals surface area contributed by atoms with E-state index in [0.717, 1.165) is 0 Å². The average molecular weight is 348 g/mol. The van der Waals surface area contributed by atoms with Crippen LogP contribution in [0.1, 0.15) is 0 Å². The first-order valence-corrected chi connectivity index (χ1v) is 0. The molecule has 0 N–H and O–H groups in total. The van der Waals surface area contributed by atoms with Gasteiger partial charge in [-0.2, -0.15) is 0 Å². The summed E-state index contributed by atoms with van der Waals surface area (Å²) in [7, 11) is 0. The zero-order valence-corrected chi connectivity index (χ0v) is 9.36. The van der Waals surface area contributed by atoms with Crippen LogP contribution in [-0.2, 0) is 0 Å². The van der Waals surface area contributed by atoms with Crippen LogP contribution in [0.2, 0.25) is 0 Å². The molecule has 0 aliphatic heterocycles. The first kappa shape index (κ1) is 58.9. The Morgan fingerprint density at radius 3 is 0.400 bits per heavy atom. The molecular weight excluding hydrogens is 348 g/mol. The molecular formula is Br4Si-4. The molecule has 0 aliphatic carbocycles. The molecule has 0 saturated heterocycles. The number of rotatable bonds is 0. The summed E-state index contributed by atoms with van der Waals surface area (Å²) in [5.41, 5.74) is 0. The van der Waals surface area contributed by atoms with Crippen molar-refractivity contribution in [2.75, 3.05) is 0 Å². The molecule has 0 amide bonds. The first-order chi connectivity index (χ1) is 0. The quantitative estimate of drug-likeness (QED) is 0.382. The molecule has 4 radical (unpaired) electrons. The van der Waals surface area contributed by atoms with Crippen LogP contribution < -0.4 is 67.9 Å². The molecule has 0 aromatic rings. The van der Waals surface area contributed by atoms with Gasteiger partial charge in [-0.1, -0.05) is 0 Å². The SMILES string of the molecule is [Br-].[Br-].[Br-].[Br-].[Si]. The number of hydrogen-bond acceptors (Lipinski definition) is 0. The van der Waals surface area contributed by atoms with Crippen LogP contribution in [0, 0.1) is 0 Å². The Balaban J connectivity index is 0. The molecule has 0 rings (SSSR count). The highest BCUT2D eigenvalue weighted by atomic mass is 79.9. The minimum atomic E-state index is 0. The highest BCUT2D eigenvalue weighted by molar-refractivity contribution is 5.75. The van der Waals surface area contributed by atoms with Crippen molar-refractivity contribution in [1.82, 2.24) is 0 Å². The van der Waals surface area contributed by atoms with Crippen molar-refractivity contribution >= 4 is 11.0 Å². The molecule has 0 nitrogen and oxygen atoms in total. The van der Waals surface area contributed by atoms with Crippen LogP contribution in [0.4, 0.5) is 0 Å². The van der Waals surface area contributed by atoms with Gasteiger partial charge in [-0.15, -0.1) is 0 Å². The van der Waals surface area contributed by atoms with E-state index in [0.29, 0.717) is 0 Å². The van der Waals surface area contributed by atoms with E-state index in [1.165, 1.54) is 0 Å². The highest BCUT2D eigenvalue weighted by Crippen LogP contribution is -0.381. The van der Waals surface area contributed by atoms with Crippen molar-refractivity contribution in [1.29, 1.82) is 0 Å². The molecule has 5 heteroatoms. The van der Waals surface area contributed by atoms with E-state index < -0.39 is 0 Å². The minimum absolute atomic E-state index is 0. The van der Waals surface area contributed by atoms with E-state index in [2.05, 4.69) is 0 Å². The van der Waals surface area contributed by atoms with Crippen molar-refractivity contribution in [3.8, 4) is 0 Å². The van der Waals surface area contributed by atoms with Crippen LogP contribution in [0.15, 0.2) is 0 Å². The third-order valence-corrected chi connectivity index (χ3v) is 0. The smallest absolute Gasteiger partial charge is 0 e. The summed E-state index contributed by atoms with van der Waals surface area (Å²) in [4.78, 5) is 0. The second kappa shape index (κ2) is 35.5. The third kappa shape index (κ3) is 23.0. The Labute approximate surface area is 78.2 Å². The summed E-state index contributed by atoms with van der Waals surface area (Å²) >= 11 is 0. The van der Waals surface area contributed by atoms with Gasteiger partial charge in [0.05, 0.1) is 0 Å². The zero-order valence-electron chi connectivity index (χ0n) is 2.01. The molecule has 0 aliphatic rings. The van der Waals surface area contributed by atoms with E-state index in [-0.39, 0.29) is 78.9 Å². The standard InChI is InChI=1S/4BrH.Si/h4*1H;/p-4. The minimum Gasteiger partial charge on any atom is -1.00 e. The van der Waals surface area contributed by atoms with Crippen molar-refractivity contribution in [2.45, 2.75) is 0 Å².